The van der Waals surface area contributed by atoms with Crippen LogP contribution in [-0.4, -0.2) is 78.3 Å². The summed E-state index contributed by atoms with van der Waals surface area (Å²) in [5, 5.41) is 4.62. The maximum atomic E-state index is 5.71. The summed E-state index contributed by atoms with van der Waals surface area (Å²) in [6, 6.07) is 12.2. The van der Waals surface area contributed by atoms with Crippen LogP contribution >= 0.6 is 0 Å². The fraction of sp³-hybridized carbons (Fsp3) is 0.424. The van der Waals surface area contributed by atoms with Gasteiger partial charge < -0.3 is 24.0 Å². The molecule has 218 valence electrons. The van der Waals surface area contributed by atoms with Crippen molar-refractivity contribution in [3.63, 3.8) is 0 Å². The Morgan fingerprint density at radius 3 is 2.55 bits per heavy atom. The third-order valence-corrected chi connectivity index (χ3v) is 8.35. The Morgan fingerprint density at radius 1 is 1.00 bits per heavy atom. The fourth-order valence-corrected chi connectivity index (χ4v) is 5.86. The second-order valence-electron chi connectivity index (χ2n) is 11.1. The molecule has 0 aliphatic carbocycles. The molecule has 6 rings (SSSR count). The van der Waals surface area contributed by atoms with Crippen molar-refractivity contribution in [1.29, 1.82) is 0 Å². The molecule has 4 heterocycles. The van der Waals surface area contributed by atoms with Crippen LogP contribution < -0.4 is 14.4 Å². The monoisotopic (exact) mass is 566 g/mol. The Morgan fingerprint density at radius 2 is 1.81 bits per heavy atom. The third kappa shape index (κ3) is 6.35. The number of aromatic nitrogens is 4. The number of methoxy groups -OCH3 is 2. The first-order valence-corrected chi connectivity index (χ1v) is 14.7. The van der Waals surface area contributed by atoms with Crippen LogP contribution in [0.1, 0.15) is 19.3 Å². The summed E-state index contributed by atoms with van der Waals surface area (Å²) in [6.07, 6.45) is 14.7. The van der Waals surface area contributed by atoms with E-state index in [-0.39, 0.29) is 0 Å². The van der Waals surface area contributed by atoms with E-state index in [0.717, 1.165) is 110 Å². The Kier molecular flexibility index (Phi) is 8.54. The number of likely N-dealkylation sites (tertiary alicyclic amines) is 1. The van der Waals surface area contributed by atoms with Crippen molar-refractivity contribution in [1.82, 2.24) is 24.6 Å². The number of anilines is 2. The van der Waals surface area contributed by atoms with E-state index in [2.05, 4.69) is 39.1 Å². The Bertz CT molecular complexity index is 1530. The molecule has 2 aliphatic rings. The van der Waals surface area contributed by atoms with Crippen LogP contribution in [0, 0.1) is 24.2 Å². The van der Waals surface area contributed by atoms with Crippen LogP contribution in [0.15, 0.2) is 55.0 Å². The second-order valence-corrected chi connectivity index (χ2v) is 11.1. The van der Waals surface area contributed by atoms with Crippen molar-refractivity contribution < 1.29 is 14.2 Å². The molecular weight excluding hydrogens is 528 g/mol. The number of hydrogen-bond acceptors (Lipinski definition) is 8. The van der Waals surface area contributed by atoms with Gasteiger partial charge in [-0.05, 0) is 49.9 Å². The minimum Gasteiger partial charge on any atom is -0.497 e. The highest BCUT2D eigenvalue weighted by Crippen LogP contribution is 2.34. The molecule has 42 heavy (non-hydrogen) atoms. The summed E-state index contributed by atoms with van der Waals surface area (Å²) in [6.45, 7) is 6.16. The first kappa shape index (κ1) is 28.0. The summed E-state index contributed by atoms with van der Waals surface area (Å²) >= 11 is 0. The molecule has 0 spiro atoms. The zero-order valence-corrected chi connectivity index (χ0v) is 24.4. The molecule has 0 bridgehead atoms. The molecule has 0 N–H and O–H groups in total. The van der Waals surface area contributed by atoms with Gasteiger partial charge in [0.25, 0.3) is 0 Å². The molecule has 1 atom stereocenters. The van der Waals surface area contributed by atoms with E-state index >= 15 is 0 Å². The van der Waals surface area contributed by atoms with Crippen molar-refractivity contribution >= 4 is 22.4 Å². The summed E-state index contributed by atoms with van der Waals surface area (Å²) in [4.78, 5) is 14.5. The van der Waals surface area contributed by atoms with Crippen LogP contribution in [-0.2, 0) is 11.3 Å². The quantitative estimate of drug-likeness (QED) is 0.248. The maximum Gasteiger partial charge on any atom is 0.124 e. The highest BCUT2D eigenvalue weighted by molar-refractivity contribution is 5.82. The van der Waals surface area contributed by atoms with E-state index in [9.17, 15) is 0 Å². The van der Waals surface area contributed by atoms with Gasteiger partial charge in [0, 0.05) is 86.6 Å². The molecule has 2 fully saturated rings. The van der Waals surface area contributed by atoms with Gasteiger partial charge in [-0.3, -0.25) is 9.67 Å². The van der Waals surface area contributed by atoms with Gasteiger partial charge in [0.15, 0.2) is 0 Å². The number of fused-ring (bicyclic) bond motifs is 1. The third-order valence-electron chi connectivity index (χ3n) is 8.35. The van der Waals surface area contributed by atoms with Crippen LogP contribution in [0.4, 0.5) is 11.4 Å². The number of terminal acetylenes is 1. The Balaban J connectivity index is 1.29. The van der Waals surface area contributed by atoms with E-state index in [4.69, 9.17) is 30.6 Å². The highest BCUT2D eigenvalue weighted by atomic mass is 16.5. The molecule has 2 aromatic carbocycles. The lowest BCUT2D eigenvalue weighted by molar-refractivity contribution is 0.0601. The number of nitrogens with zero attached hydrogens (tertiary/aromatic N) is 6. The first-order valence-electron chi connectivity index (χ1n) is 14.7. The van der Waals surface area contributed by atoms with Gasteiger partial charge in [-0.1, -0.05) is 0 Å². The molecule has 2 aliphatic heterocycles. The minimum absolute atomic E-state index is 0.325. The van der Waals surface area contributed by atoms with Crippen molar-refractivity contribution in [3.05, 3.63) is 55.0 Å². The van der Waals surface area contributed by atoms with Gasteiger partial charge >= 0.3 is 0 Å². The zero-order valence-electron chi connectivity index (χ0n) is 24.4. The normalized spacial score (nSPS) is 17.8. The van der Waals surface area contributed by atoms with Crippen molar-refractivity contribution in [2.45, 2.75) is 25.8 Å². The lowest BCUT2D eigenvalue weighted by Gasteiger charge is -2.28. The number of benzene rings is 2. The average Bonchev–Trinajstić information content (AvgIpc) is 3.71. The summed E-state index contributed by atoms with van der Waals surface area (Å²) in [5.41, 5.74) is 5.45. The largest absolute Gasteiger partial charge is 0.497 e. The van der Waals surface area contributed by atoms with Gasteiger partial charge in [-0.15, -0.1) is 12.3 Å². The predicted octanol–water partition coefficient (Wildman–Crippen LogP) is 5.03. The maximum absolute atomic E-state index is 5.71. The van der Waals surface area contributed by atoms with Crippen LogP contribution in [0.3, 0.4) is 0 Å². The lowest BCUT2D eigenvalue weighted by Crippen LogP contribution is -2.31. The van der Waals surface area contributed by atoms with Crippen molar-refractivity contribution in [2.24, 2.45) is 11.8 Å². The molecule has 0 radical (unpaired) electrons. The molecule has 0 saturated carbocycles. The van der Waals surface area contributed by atoms with Crippen molar-refractivity contribution in [3.8, 4) is 35.1 Å². The van der Waals surface area contributed by atoms with Gasteiger partial charge in [0.1, 0.15) is 11.5 Å². The first-order chi connectivity index (χ1) is 20.6. The van der Waals surface area contributed by atoms with Crippen LogP contribution in [0.2, 0.25) is 0 Å². The Hall–Kier alpha value is -4.13. The smallest absolute Gasteiger partial charge is 0.124 e. The van der Waals surface area contributed by atoms with Crippen LogP contribution in [0.5, 0.6) is 11.5 Å². The van der Waals surface area contributed by atoms with E-state index in [1.54, 1.807) is 14.2 Å². The molecule has 4 aromatic rings. The minimum atomic E-state index is 0.325. The summed E-state index contributed by atoms with van der Waals surface area (Å²) < 4.78 is 18.7. The lowest BCUT2D eigenvalue weighted by atomic mass is 10.0. The molecule has 9 nitrogen and oxygen atoms in total. The molecule has 0 unspecified atom stereocenters. The van der Waals surface area contributed by atoms with Crippen LogP contribution in [0.25, 0.3) is 22.3 Å². The van der Waals surface area contributed by atoms with Gasteiger partial charge in [0.05, 0.1) is 43.3 Å². The van der Waals surface area contributed by atoms with E-state index in [1.807, 2.05) is 41.3 Å². The van der Waals surface area contributed by atoms with E-state index < -0.39 is 0 Å². The SMILES string of the molecule is C#C[C@H]1CCN(CCN(c2cc(OC)cc(OC)c2)c2ccc3ncc(-c4cnn(CC5CCOCC5)c4)nc3c2)C1. The molecule has 2 aromatic heterocycles. The van der Waals surface area contributed by atoms with Gasteiger partial charge in [-0.25, -0.2) is 4.98 Å². The Labute approximate surface area is 247 Å². The number of ether oxygens (including phenoxy) is 3. The number of hydrogen-bond donors (Lipinski definition) is 0. The van der Waals surface area contributed by atoms with E-state index in [1.165, 1.54) is 0 Å². The molecular formula is C33H38N6O3. The topological polar surface area (TPSA) is 77.8 Å². The van der Waals surface area contributed by atoms with Crippen molar-refractivity contribution in [2.75, 3.05) is 58.5 Å². The highest BCUT2D eigenvalue weighted by Gasteiger charge is 2.22. The van der Waals surface area contributed by atoms with Gasteiger partial charge in [0.2, 0.25) is 0 Å². The standard InChI is InChI=1S/C33H38N6O3/c1-4-24-7-10-37(21-24)11-12-39(28-15-29(40-2)18-30(16-28)41-3)27-5-6-31-32(17-27)36-33(20-34-31)26-19-35-38(23-26)22-25-8-13-42-14-9-25/h1,5-6,15-20,23-25H,7-14,21-22H2,2-3H3/t24-/m0/s1. The molecule has 0 amide bonds. The molecule has 9 heteroatoms. The van der Waals surface area contributed by atoms with E-state index in [0.29, 0.717) is 11.8 Å². The fourth-order valence-electron chi connectivity index (χ4n) is 5.86. The average molecular weight is 567 g/mol. The summed E-state index contributed by atoms with van der Waals surface area (Å²) in [5.74, 6) is 5.32. The zero-order chi connectivity index (χ0) is 28.9. The van der Waals surface area contributed by atoms with Gasteiger partial charge in [-0.2, -0.15) is 5.10 Å². The summed E-state index contributed by atoms with van der Waals surface area (Å²) in [7, 11) is 3.35. The predicted molar refractivity (Wildman–Crippen MR) is 164 cm³/mol. The number of rotatable bonds is 10. The second kappa shape index (κ2) is 12.8. The molecule has 2 saturated heterocycles.